The van der Waals surface area contributed by atoms with Gasteiger partial charge >= 0.3 is 5.97 Å². The Bertz CT molecular complexity index is 491. The van der Waals surface area contributed by atoms with Gasteiger partial charge in [0.1, 0.15) is 0 Å². The number of carbonyl (C=O) groups is 1. The van der Waals surface area contributed by atoms with E-state index in [2.05, 4.69) is 34.0 Å². The lowest BCUT2D eigenvalue weighted by molar-refractivity contribution is -0.131. The number of carboxylic acids is 1. The van der Waals surface area contributed by atoms with Crippen LogP contribution in [0.2, 0.25) is 0 Å². The van der Waals surface area contributed by atoms with Crippen molar-refractivity contribution < 1.29 is 9.90 Å². The first-order valence-electron chi connectivity index (χ1n) is 6.38. The molecule has 0 aromatic heterocycles. The number of benzene rings is 1. The van der Waals surface area contributed by atoms with E-state index in [9.17, 15) is 4.79 Å². The Labute approximate surface area is 133 Å². The Morgan fingerprint density at radius 2 is 2.25 bits per heavy atom. The number of hydrogen-bond acceptors (Lipinski definition) is 3. The first-order chi connectivity index (χ1) is 9.45. The molecule has 0 saturated carbocycles. The van der Waals surface area contributed by atoms with E-state index in [0.717, 1.165) is 27.9 Å². The Kier molecular flexibility index (Phi) is 7.16. The van der Waals surface area contributed by atoms with Gasteiger partial charge < -0.3 is 10.0 Å². The molecule has 3 nitrogen and oxygen atoms in total. The number of carboxylic acid groups (broad SMARTS) is 1. The van der Waals surface area contributed by atoms with Crippen molar-refractivity contribution in [3.63, 3.8) is 0 Å². The number of nitrogens with zero attached hydrogens (tertiary/aromatic N) is 1. The average Bonchev–Trinajstić information content (AvgIpc) is 2.41. The van der Waals surface area contributed by atoms with Gasteiger partial charge in [0, 0.05) is 29.3 Å². The molecule has 1 unspecified atom stereocenters. The molecule has 0 aliphatic heterocycles. The molecule has 1 N–H and O–H groups in total. The van der Waals surface area contributed by atoms with Gasteiger partial charge in [0.15, 0.2) is 0 Å². The molecule has 0 heterocycles. The van der Waals surface area contributed by atoms with Crippen molar-refractivity contribution in [1.82, 2.24) is 0 Å². The van der Waals surface area contributed by atoms with Crippen molar-refractivity contribution in [2.75, 3.05) is 24.0 Å². The minimum Gasteiger partial charge on any atom is -0.478 e. The van der Waals surface area contributed by atoms with Crippen molar-refractivity contribution >= 4 is 45.4 Å². The molecule has 0 radical (unpaired) electrons. The van der Waals surface area contributed by atoms with E-state index in [1.165, 1.54) is 6.08 Å². The molecule has 0 amide bonds. The van der Waals surface area contributed by atoms with Gasteiger partial charge in [-0.15, -0.1) is 0 Å². The van der Waals surface area contributed by atoms with Crippen LogP contribution in [-0.4, -0.2) is 36.2 Å². The van der Waals surface area contributed by atoms with Crippen LogP contribution in [0.5, 0.6) is 0 Å². The lowest BCUT2D eigenvalue weighted by atomic mass is 10.1. The molecule has 0 bridgehead atoms. The molecule has 1 aromatic carbocycles. The maximum absolute atomic E-state index is 10.7. The van der Waals surface area contributed by atoms with Gasteiger partial charge in [0.25, 0.3) is 0 Å². The van der Waals surface area contributed by atoms with Crippen molar-refractivity contribution in [3.05, 3.63) is 34.3 Å². The van der Waals surface area contributed by atoms with Crippen LogP contribution >= 0.6 is 27.7 Å². The highest BCUT2D eigenvalue weighted by Gasteiger charge is 2.12. The second-order valence-corrected chi connectivity index (χ2v) is 6.52. The van der Waals surface area contributed by atoms with Crippen LogP contribution in [0.4, 0.5) is 5.69 Å². The number of anilines is 1. The summed E-state index contributed by atoms with van der Waals surface area (Å²) in [7, 11) is 2.05. The fourth-order valence-corrected chi connectivity index (χ4v) is 2.82. The number of thioether (sulfide) groups is 1. The summed E-state index contributed by atoms with van der Waals surface area (Å²) < 4.78 is 0.941. The van der Waals surface area contributed by atoms with Crippen molar-refractivity contribution in [3.8, 4) is 0 Å². The smallest absolute Gasteiger partial charge is 0.328 e. The summed E-state index contributed by atoms with van der Waals surface area (Å²) in [6.45, 7) is 2.18. The van der Waals surface area contributed by atoms with Crippen molar-refractivity contribution in [2.45, 2.75) is 19.4 Å². The van der Waals surface area contributed by atoms with E-state index in [4.69, 9.17) is 5.11 Å². The minimum absolute atomic E-state index is 0.403. The molecule has 20 heavy (non-hydrogen) atoms. The standard InChI is InChI=1S/C15H20BrNO2S/c1-11(8-9-20-3)17(2)14-6-5-13(16)10-12(14)4-7-15(18)19/h4-7,10-11H,8-9H2,1-3H3,(H,18,19)/b7-4+. The molecule has 1 rings (SSSR count). The Morgan fingerprint density at radius 3 is 2.85 bits per heavy atom. The number of rotatable bonds is 7. The van der Waals surface area contributed by atoms with Crippen LogP contribution in [0.15, 0.2) is 28.7 Å². The number of halogens is 1. The lowest BCUT2D eigenvalue weighted by Crippen LogP contribution is -2.29. The van der Waals surface area contributed by atoms with Gasteiger partial charge in [-0.1, -0.05) is 15.9 Å². The highest BCUT2D eigenvalue weighted by atomic mass is 79.9. The zero-order valence-electron chi connectivity index (χ0n) is 12.0. The number of aliphatic carboxylic acids is 1. The van der Waals surface area contributed by atoms with Crippen LogP contribution in [0.3, 0.4) is 0 Å². The normalized spacial score (nSPS) is 12.6. The Hall–Kier alpha value is -0.940. The predicted octanol–water partition coefficient (Wildman–Crippen LogP) is 4.12. The zero-order valence-corrected chi connectivity index (χ0v) is 14.4. The van der Waals surface area contributed by atoms with Gasteiger partial charge in [-0.25, -0.2) is 4.79 Å². The van der Waals surface area contributed by atoms with Crippen molar-refractivity contribution in [1.29, 1.82) is 0 Å². The monoisotopic (exact) mass is 357 g/mol. The van der Waals surface area contributed by atoms with E-state index in [1.807, 2.05) is 37.0 Å². The largest absolute Gasteiger partial charge is 0.478 e. The number of hydrogen-bond donors (Lipinski definition) is 1. The second kappa shape index (κ2) is 8.37. The van der Waals surface area contributed by atoms with Gasteiger partial charge in [0.05, 0.1) is 0 Å². The van der Waals surface area contributed by atoms with Gasteiger partial charge in [-0.3, -0.25) is 0 Å². The summed E-state index contributed by atoms with van der Waals surface area (Å²) in [6, 6.07) is 6.33. The Balaban J connectivity index is 3.00. The maximum atomic E-state index is 10.7. The van der Waals surface area contributed by atoms with E-state index < -0.39 is 5.97 Å². The molecule has 0 fully saturated rings. The van der Waals surface area contributed by atoms with Crippen LogP contribution in [0.25, 0.3) is 6.08 Å². The highest BCUT2D eigenvalue weighted by molar-refractivity contribution is 9.10. The summed E-state index contributed by atoms with van der Waals surface area (Å²) in [4.78, 5) is 12.9. The van der Waals surface area contributed by atoms with Gasteiger partial charge in [-0.2, -0.15) is 11.8 Å². The van der Waals surface area contributed by atoms with Crippen molar-refractivity contribution in [2.24, 2.45) is 0 Å². The summed E-state index contributed by atoms with van der Waals surface area (Å²) >= 11 is 5.27. The zero-order chi connectivity index (χ0) is 15.1. The predicted molar refractivity (Wildman–Crippen MR) is 91.7 cm³/mol. The second-order valence-electron chi connectivity index (χ2n) is 4.62. The molecular weight excluding hydrogens is 338 g/mol. The molecule has 0 aliphatic rings. The van der Waals surface area contributed by atoms with E-state index >= 15 is 0 Å². The molecule has 110 valence electrons. The third-order valence-electron chi connectivity index (χ3n) is 3.18. The third kappa shape index (κ3) is 5.21. The van der Waals surface area contributed by atoms with Gasteiger partial charge in [-0.05, 0) is 55.2 Å². The Morgan fingerprint density at radius 1 is 1.55 bits per heavy atom. The highest BCUT2D eigenvalue weighted by Crippen LogP contribution is 2.27. The topological polar surface area (TPSA) is 40.5 Å². The van der Waals surface area contributed by atoms with Crippen LogP contribution in [0.1, 0.15) is 18.9 Å². The first-order valence-corrected chi connectivity index (χ1v) is 8.56. The molecule has 0 aliphatic carbocycles. The quantitative estimate of drug-likeness (QED) is 0.745. The van der Waals surface area contributed by atoms with E-state index in [0.29, 0.717) is 6.04 Å². The third-order valence-corrected chi connectivity index (χ3v) is 4.31. The first kappa shape index (κ1) is 17.1. The van der Waals surface area contributed by atoms with Gasteiger partial charge in [0.2, 0.25) is 0 Å². The summed E-state index contributed by atoms with van der Waals surface area (Å²) in [6.07, 6.45) is 6.01. The molecule has 1 atom stereocenters. The molecule has 0 spiro atoms. The summed E-state index contributed by atoms with van der Waals surface area (Å²) in [5.74, 6) is 0.177. The molecular formula is C15H20BrNO2S. The van der Waals surface area contributed by atoms with E-state index in [-0.39, 0.29) is 0 Å². The summed E-state index contributed by atoms with van der Waals surface area (Å²) in [5, 5.41) is 8.78. The average molecular weight is 358 g/mol. The summed E-state index contributed by atoms with van der Waals surface area (Å²) in [5.41, 5.74) is 1.94. The lowest BCUT2D eigenvalue weighted by Gasteiger charge is -2.28. The van der Waals surface area contributed by atoms with Crippen LogP contribution in [0, 0.1) is 0 Å². The molecule has 1 aromatic rings. The minimum atomic E-state index is -0.936. The van der Waals surface area contributed by atoms with Crippen LogP contribution < -0.4 is 4.90 Å². The SMILES string of the molecule is CSCCC(C)N(C)c1ccc(Br)cc1/C=C/C(=O)O. The van der Waals surface area contributed by atoms with E-state index in [1.54, 1.807) is 6.08 Å². The van der Waals surface area contributed by atoms with Crippen LogP contribution in [-0.2, 0) is 4.79 Å². The molecule has 5 heteroatoms. The fourth-order valence-electron chi connectivity index (χ4n) is 1.86. The fraction of sp³-hybridized carbons (Fsp3) is 0.400. The molecule has 0 saturated heterocycles. The maximum Gasteiger partial charge on any atom is 0.328 e.